The third kappa shape index (κ3) is 1.76. The summed E-state index contributed by atoms with van der Waals surface area (Å²) in [4.78, 5) is 5.08. The molecule has 2 N–H and O–H groups in total. The van der Waals surface area contributed by atoms with Crippen LogP contribution in [-0.2, 0) is 0 Å². The van der Waals surface area contributed by atoms with Crippen molar-refractivity contribution < 1.29 is 8.81 Å². The van der Waals surface area contributed by atoms with Crippen molar-refractivity contribution in [2.75, 3.05) is 5.73 Å². The van der Waals surface area contributed by atoms with Gasteiger partial charge in [0, 0.05) is 6.07 Å². The second-order valence-corrected chi connectivity index (χ2v) is 5.41. The quantitative estimate of drug-likeness (QED) is 0.726. The number of fused-ring (bicyclic) bond motifs is 1. The summed E-state index contributed by atoms with van der Waals surface area (Å²) >= 11 is 7.29. The first kappa shape index (κ1) is 11.5. The average molecular weight is 283 g/mol. The molecule has 0 spiro atoms. The predicted molar refractivity (Wildman–Crippen MR) is 71.4 cm³/mol. The van der Waals surface area contributed by atoms with Gasteiger partial charge in [0.1, 0.15) is 11.3 Å². The lowest BCUT2D eigenvalue weighted by Gasteiger charge is -1.91. The van der Waals surface area contributed by atoms with E-state index >= 15 is 0 Å². The van der Waals surface area contributed by atoms with Gasteiger partial charge in [-0.05, 0) is 24.6 Å². The highest BCUT2D eigenvalue weighted by Crippen LogP contribution is 2.36. The Bertz CT molecular complexity index is 750. The highest BCUT2D eigenvalue weighted by molar-refractivity contribution is 7.19. The van der Waals surface area contributed by atoms with E-state index in [2.05, 4.69) is 4.98 Å². The molecular formula is C12H8ClFN2OS. The van der Waals surface area contributed by atoms with Crippen LogP contribution in [0.3, 0.4) is 0 Å². The normalized spacial score (nSPS) is 11.3. The number of halogens is 2. The fraction of sp³-hybridized carbons (Fsp3) is 0.0833. The second-order valence-electron chi connectivity index (χ2n) is 3.92. The van der Waals surface area contributed by atoms with Crippen molar-refractivity contribution in [3.05, 3.63) is 34.6 Å². The van der Waals surface area contributed by atoms with Crippen molar-refractivity contribution in [1.29, 1.82) is 0 Å². The zero-order chi connectivity index (χ0) is 12.9. The minimum Gasteiger partial charge on any atom is -0.434 e. The van der Waals surface area contributed by atoms with Crippen LogP contribution in [0.5, 0.6) is 0 Å². The van der Waals surface area contributed by atoms with Gasteiger partial charge in [-0.25, -0.2) is 9.37 Å². The van der Waals surface area contributed by atoms with E-state index in [4.69, 9.17) is 21.8 Å². The lowest BCUT2D eigenvalue weighted by molar-refractivity contribution is 0.615. The molecule has 0 saturated carbocycles. The van der Waals surface area contributed by atoms with Crippen LogP contribution in [0.4, 0.5) is 9.39 Å². The molecule has 0 amide bonds. The zero-order valence-electron chi connectivity index (χ0n) is 9.33. The molecule has 3 aromatic rings. The molecule has 0 unspecified atom stereocenters. The maximum atomic E-state index is 13.2. The molecule has 2 heterocycles. The molecule has 0 radical (unpaired) electrons. The first-order valence-corrected chi connectivity index (χ1v) is 6.36. The van der Waals surface area contributed by atoms with E-state index in [1.54, 1.807) is 0 Å². The zero-order valence-corrected chi connectivity index (χ0v) is 10.9. The van der Waals surface area contributed by atoms with E-state index in [0.29, 0.717) is 22.0 Å². The largest absolute Gasteiger partial charge is 0.434 e. The molecule has 0 fully saturated rings. The molecule has 6 heteroatoms. The molecule has 18 heavy (non-hydrogen) atoms. The monoisotopic (exact) mass is 282 g/mol. The van der Waals surface area contributed by atoms with Crippen LogP contribution in [0.2, 0.25) is 5.02 Å². The maximum absolute atomic E-state index is 13.2. The molecule has 2 aromatic heterocycles. The predicted octanol–water partition coefficient (Wildman–Crippen LogP) is 4.24. The van der Waals surface area contributed by atoms with Crippen LogP contribution in [0.25, 0.3) is 21.9 Å². The molecule has 3 rings (SSSR count). The standard InChI is InChI=1S/C12H8ClFN2OS/c1-5-2-9(15)18-11(5)12-16-8-4-6(14)3-7(13)10(8)17-12/h2-4H,15H2,1H3. The van der Waals surface area contributed by atoms with Crippen LogP contribution < -0.4 is 5.73 Å². The first-order chi connectivity index (χ1) is 8.54. The molecule has 0 aliphatic rings. The van der Waals surface area contributed by atoms with Gasteiger partial charge in [-0.15, -0.1) is 11.3 Å². The lowest BCUT2D eigenvalue weighted by Crippen LogP contribution is -1.76. The van der Waals surface area contributed by atoms with Gasteiger partial charge < -0.3 is 10.2 Å². The number of aromatic nitrogens is 1. The van der Waals surface area contributed by atoms with E-state index in [0.717, 1.165) is 10.4 Å². The first-order valence-electron chi connectivity index (χ1n) is 5.16. The van der Waals surface area contributed by atoms with Gasteiger partial charge >= 0.3 is 0 Å². The molecule has 0 atom stereocenters. The summed E-state index contributed by atoms with van der Waals surface area (Å²) in [6, 6.07) is 4.34. The lowest BCUT2D eigenvalue weighted by atomic mass is 10.3. The average Bonchev–Trinajstić information content (AvgIpc) is 2.81. The van der Waals surface area contributed by atoms with Gasteiger partial charge in [-0.1, -0.05) is 11.6 Å². The van der Waals surface area contributed by atoms with E-state index in [-0.39, 0.29) is 5.02 Å². The van der Waals surface area contributed by atoms with E-state index in [9.17, 15) is 4.39 Å². The molecular weight excluding hydrogens is 275 g/mol. The maximum Gasteiger partial charge on any atom is 0.237 e. The molecule has 92 valence electrons. The number of hydrogen-bond acceptors (Lipinski definition) is 4. The van der Waals surface area contributed by atoms with Gasteiger partial charge in [0.2, 0.25) is 5.89 Å². The summed E-state index contributed by atoms with van der Waals surface area (Å²) in [5.41, 5.74) is 7.49. The number of oxazole rings is 1. The fourth-order valence-corrected chi connectivity index (χ4v) is 2.88. The van der Waals surface area contributed by atoms with Crippen LogP contribution >= 0.6 is 22.9 Å². The van der Waals surface area contributed by atoms with Gasteiger partial charge in [-0.3, -0.25) is 0 Å². The molecule has 0 saturated heterocycles. The Morgan fingerprint density at radius 3 is 2.83 bits per heavy atom. The Labute approximate surface area is 111 Å². The number of hydrogen-bond donors (Lipinski definition) is 1. The van der Waals surface area contributed by atoms with E-state index in [1.807, 2.05) is 13.0 Å². The molecule has 1 aromatic carbocycles. The van der Waals surface area contributed by atoms with Crippen LogP contribution in [0.15, 0.2) is 22.6 Å². The molecule has 0 aliphatic heterocycles. The van der Waals surface area contributed by atoms with Crippen molar-refractivity contribution in [2.45, 2.75) is 6.92 Å². The van der Waals surface area contributed by atoms with E-state index < -0.39 is 5.82 Å². The summed E-state index contributed by atoms with van der Waals surface area (Å²) < 4.78 is 18.8. The number of rotatable bonds is 1. The van der Waals surface area contributed by atoms with Crippen LogP contribution in [0, 0.1) is 12.7 Å². The van der Waals surface area contributed by atoms with Crippen molar-refractivity contribution >= 4 is 39.0 Å². The summed E-state index contributed by atoms with van der Waals surface area (Å²) in [5.74, 6) is -0.0218. The summed E-state index contributed by atoms with van der Waals surface area (Å²) in [7, 11) is 0. The molecule has 0 bridgehead atoms. The van der Waals surface area contributed by atoms with Gasteiger partial charge in [-0.2, -0.15) is 0 Å². The SMILES string of the molecule is Cc1cc(N)sc1-c1nc2cc(F)cc(Cl)c2o1. The Morgan fingerprint density at radius 1 is 1.39 bits per heavy atom. The van der Waals surface area contributed by atoms with Crippen molar-refractivity contribution in [1.82, 2.24) is 4.98 Å². The molecule has 0 aliphatic carbocycles. The van der Waals surface area contributed by atoms with Crippen molar-refractivity contribution in [2.24, 2.45) is 0 Å². The van der Waals surface area contributed by atoms with Crippen molar-refractivity contribution in [3.63, 3.8) is 0 Å². The number of anilines is 1. The number of thiophene rings is 1. The summed E-state index contributed by atoms with van der Waals surface area (Å²) in [6.45, 7) is 1.92. The minimum absolute atomic E-state index is 0.214. The smallest absolute Gasteiger partial charge is 0.237 e. The number of nitrogen functional groups attached to an aromatic ring is 1. The van der Waals surface area contributed by atoms with Crippen LogP contribution in [-0.4, -0.2) is 4.98 Å². The number of nitrogens with zero attached hydrogens (tertiary/aromatic N) is 1. The topological polar surface area (TPSA) is 52.0 Å². The number of aryl methyl sites for hydroxylation is 1. The van der Waals surface area contributed by atoms with Gasteiger partial charge in [0.15, 0.2) is 5.58 Å². The fourth-order valence-electron chi connectivity index (χ4n) is 1.78. The minimum atomic E-state index is -0.435. The Balaban J connectivity index is 2.25. The Hall–Kier alpha value is -1.59. The summed E-state index contributed by atoms with van der Waals surface area (Å²) in [5, 5.41) is 0.896. The second kappa shape index (κ2) is 3.96. The highest BCUT2D eigenvalue weighted by Gasteiger charge is 2.16. The highest BCUT2D eigenvalue weighted by atomic mass is 35.5. The Kier molecular flexibility index (Phi) is 2.53. The number of nitrogens with two attached hydrogens (primary N) is 1. The van der Waals surface area contributed by atoms with Crippen molar-refractivity contribution in [3.8, 4) is 10.8 Å². The van der Waals surface area contributed by atoms with E-state index in [1.165, 1.54) is 23.5 Å². The van der Waals surface area contributed by atoms with Crippen LogP contribution in [0.1, 0.15) is 5.56 Å². The van der Waals surface area contributed by atoms with Gasteiger partial charge in [0.05, 0.1) is 14.9 Å². The molecule has 3 nitrogen and oxygen atoms in total. The van der Waals surface area contributed by atoms with Gasteiger partial charge in [0.25, 0.3) is 0 Å². The Morgan fingerprint density at radius 2 is 2.17 bits per heavy atom. The summed E-state index contributed by atoms with van der Waals surface area (Å²) in [6.07, 6.45) is 0. The third-order valence-corrected chi connectivity index (χ3v) is 3.88. The number of benzene rings is 1. The third-order valence-electron chi connectivity index (χ3n) is 2.54.